The van der Waals surface area contributed by atoms with Crippen LogP contribution in [0.4, 0.5) is 0 Å². The van der Waals surface area contributed by atoms with Crippen LogP contribution in [0, 0.1) is 6.92 Å². The molecule has 1 aromatic heterocycles. The number of halogens is 1. The van der Waals surface area contributed by atoms with Crippen molar-refractivity contribution in [1.29, 1.82) is 0 Å². The van der Waals surface area contributed by atoms with Gasteiger partial charge in [0.25, 0.3) is 0 Å². The zero-order valence-corrected chi connectivity index (χ0v) is 16.0. The number of aliphatic imine (C=N–C) groups is 1. The number of nitrogens with one attached hydrogen (secondary N) is 2. The number of rotatable bonds is 8. The Balaban J connectivity index is 0.00000264. The van der Waals surface area contributed by atoms with Gasteiger partial charge in [-0.25, -0.2) is 4.99 Å². The summed E-state index contributed by atoms with van der Waals surface area (Å²) in [7, 11) is 0. The summed E-state index contributed by atoms with van der Waals surface area (Å²) in [5.41, 5.74) is 0. The van der Waals surface area contributed by atoms with Crippen molar-refractivity contribution in [2.45, 2.75) is 39.3 Å². The Morgan fingerprint density at radius 1 is 1.43 bits per heavy atom. The smallest absolute Gasteiger partial charge is 0.248 e. The highest BCUT2D eigenvalue weighted by atomic mass is 127. The van der Waals surface area contributed by atoms with Gasteiger partial charge in [0.2, 0.25) is 5.89 Å². The maximum absolute atomic E-state index is 5.72. The zero-order chi connectivity index (χ0) is 15.6. The van der Waals surface area contributed by atoms with E-state index in [1.54, 1.807) is 6.92 Å². The Labute approximate surface area is 153 Å². The van der Waals surface area contributed by atoms with E-state index in [-0.39, 0.29) is 30.1 Å². The third-order valence-electron chi connectivity index (χ3n) is 3.14. The third kappa shape index (κ3) is 7.93. The molecule has 2 N–H and O–H groups in total. The third-order valence-corrected chi connectivity index (χ3v) is 3.14. The Bertz CT molecular complexity index is 463. The second kappa shape index (κ2) is 11.6. The first-order valence-corrected chi connectivity index (χ1v) is 7.78. The molecular formula is C14H26IN5O3. The standard InChI is InChI=1S/C14H25N5O3.HI/c1-3-15-14(17-9-13-18-11(2)19-22-13)16-6-4-7-21-12-5-8-20-10-12;/h12H,3-10H2,1-2H3,(H2,15,16,17);1H. The van der Waals surface area contributed by atoms with Gasteiger partial charge in [0.1, 0.15) is 6.54 Å². The van der Waals surface area contributed by atoms with E-state index in [2.05, 4.69) is 25.8 Å². The fourth-order valence-corrected chi connectivity index (χ4v) is 2.07. The molecular weight excluding hydrogens is 413 g/mol. The van der Waals surface area contributed by atoms with Gasteiger partial charge in [-0.15, -0.1) is 24.0 Å². The molecule has 1 fully saturated rings. The monoisotopic (exact) mass is 439 g/mol. The van der Waals surface area contributed by atoms with Gasteiger partial charge >= 0.3 is 0 Å². The Morgan fingerprint density at radius 2 is 2.30 bits per heavy atom. The van der Waals surface area contributed by atoms with Crippen LogP contribution in [-0.2, 0) is 16.0 Å². The summed E-state index contributed by atoms with van der Waals surface area (Å²) < 4.78 is 16.0. The van der Waals surface area contributed by atoms with E-state index in [1.165, 1.54) is 0 Å². The van der Waals surface area contributed by atoms with E-state index in [1.807, 2.05) is 6.92 Å². The molecule has 132 valence electrons. The molecule has 8 nitrogen and oxygen atoms in total. The number of aryl methyl sites for hydroxylation is 1. The number of nitrogens with zero attached hydrogens (tertiary/aromatic N) is 3. The first kappa shape index (κ1) is 20.1. The van der Waals surface area contributed by atoms with Crippen molar-refractivity contribution in [2.24, 2.45) is 4.99 Å². The lowest BCUT2D eigenvalue weighted by molar-refractivity contribution is 0.0420. The van der Waals surface area contributed by atoms with Crippen LogP contribution in [0.2, 0.25) is 0 Å². The molecule has 0 aromatic carbocycles. The second-order valence-corrected chi connectivity index (χ2v) is 5.07. The maximum atomic E-state index is 5.72. The van der Waals surface area contributed by atoms with Crippen LogP contribution >= 0.6 is 24.0 Å². The van der Waals surface area contributed by atoms with Crippen LogP contribution in [0.1, 0.15) is 31.5 Å². The van der Waals surface area contributed by atoms with Crippen molar-refractivity contribution in [3.8, 4) is 0 Å². The summed E-state index contributed by atoms with van der Waals surface area (Å²) in [6.45, 7) is 8.03. The minimum atomic E-state index is 0. The molecule has 1 saturated heterocycles. The summed E-state index contributed by atoms with van der Waals surface area (Å²) >= 11 is 0. The molecule has 2 heterocycles. The molecule has 0 bridgehead atoms. The molecule has 2 rings (SSSR count). The quantitative estimate of drug-likeness (QED) is 0.273. The zero-order valence-electron chi connectivity index (χ0n) is 13.7. The average Bonchev–Trinajstić information content (AvgIpc) is 3.16. The SMILES string of the molecule is CCNC(=NCc1nc(C)no1)NCCCOC1CCOC1.I. The van der Waals surface area contributed by atoms with Gasteiger partial charge in [0.05, 0.1) is 12.7 Å². The van der Waals surface area contributed by atoms with Gasteiger partial charge in [-0.05, 0) is 26.7 Å². The lowest BCUT2D eigenvalue weighted by Crippen LogP contribution is -2.38. The fraction of sp³-hybridized carbons (Fsp3) is 0.786. The van der Waals surface area contributed by atoms with Gasteiger partial charge in [0.15, 0.2) is 11.8 Å². The van der Waals surface area contributed by atoms with Crippen LogP contribution in [0.25, 0.3) is 0 Å². The molecule has 1 aliphatic heterocycles. The topological polar surface area (TPSA) is 93.8 Å². The van der Waals surface area contributed by atoms with Crippen LogP contribution in [-0.4, -0.2) is 55.1 Å². The molecule has 0 aliphatic carbocycles. The van der Waals surface area contributed by atoms with Crippen molar-refractivity contribution < 1.29 is 14.0 Å². The number of aromatic nitrogens is 2. The van der Waals surface area contributed by atoms with Crippen molar-refractivity contribution in [2.75, 3.05) is 32.9 Å². The minimum absolute atomic E-state index is 0. The van der Waals surface area contributed by atoms with Crippen LogP contribution in [0.5, 0.6) is 0 Å². The van der Waals surface area contributed by atoms with Gasteiger partial charge in [0, 0.05) is 26.3 Å². The summed E-state index contributed by atoms with van der Waals surface area (Å²) in [6.07, 6.45) is 2.18. The summed E-state index contributed by atoms with van der Waals surface area (Å²) in [5, 5.41) is 10.2. The molecule has 1 aromatic rings. The molecule has 1 aliphatic rings. The van der Waals surface area contributed by atoms with Crippen molar-refractivity contribution in [3.05, 3.63) is 11.7 Å². The van der Waals surface area contributed by atoms with E-state index in [0.29, 0.717) is 18.3 Å². The molecule has 1 atom stereocenters. The summed E-state index contributed by atoms with van der Waals surface area (Å²) in [5.74, 6) is 1.87. The lowest BCUT2D eigenvalue weighted by Gasteiger charge is -2.12. The average molecular weight is 439 g/mol. The molecule has 0 radical (unpaired) electrons. The second-order valence-electron chi connectivity index (χ2n) is 5.07. The van der Waals surface area contributed by atoms with Gasteiger partial charge in [-0.1, -0.05) is 5.16 Å². The van der Waals surface area contributed by atoms with Crippen LogP contribution in [0.3, 0.4) is 0 Å². The van der Waals surface area contributed by atoms with Crippen LogP contribution < -0.4 is 10.6 Å². The van der Waals surface area contributed by atoms with Crippen molar-refractivity contribution in [3.63, 3.8) is 0 Å². The van der Waals surface area contributed by atoms with Crippen LogP contribution in [0.15, 0.2) is 9.52 Å². The van der Waals surface area contributed by atoms with E-state index in [9.17, 15) is 0 Å². The number of ether oxygens (including phenoxy) is 2. The Kier molecular flexibility index (Phi) is 10.1. The lowest BCUT2D eigenvalue weighted by atomic mass is 10.3. The summed E-state index contributed by atoms with van der Waals surface area (Å²) in [6, 6.07) is 0. The van der Waals surface area contributed by atoms with E-state index >= 15 is 0 Å². The van der Waals surface area contributed by atoms with E-state index in [0.717, 1.165) is 51.7 Å². The molecule has 9 heteroatoms. The largest absolute Gasteiger partial charge is 0.379 e. The molecule has 23 heavy (non-hydrogen) atoms. The molecule has 0 saturated carbocycles. The predicted molar refractivity (Wildman–Crippen MR) is 97.1 cm³/mol. The summed E-state index contributed by atoms with van der Waals surface area (Å²) in [4.78, 5) is 8.53. The molecule has 0 amide bonds. The van der Waals surface area contributed by atoms with Gasteiger partial charge in [-0.2, -0.15) is 4.98 Å². The van der Waals surface area contributed by atoms with Gasteiger partial charge in [-0.3, -0.25) is 0 Å². The highest BCUT2D eigenvalue weighted by Gasteiger charge is 2.15. The normalized spacial score (nSPS) is 17.8. The predicted octanol–water partition coefficient (Wildman–Crippen LogP) is 1.25. The maximum Gasteiger partial charge on any atom is 0.248 e. The van der Waals surface area contributed by atoms with E-state index < -0.39 is 0 Å². The number of hydrogen-bond acceptors (Lipinski definition) is 6. The Hall–Kier alpha value is -0.940. The molecule has 0 spiro atoms. The van der Waals surface area contributed by atoms with Crippen molar-refractivity contribution in [1.82, 2.24) is 20.8 Å². The highest BCUT2D eigenvalue weighted by molar-refractivity contribution is 14.0. The first-order valence-electron chi connectivity index (χ1n) is 7.78. The number of hydrogen-bond donors (Lipinski definition) is 2. The fourth-order valence-electron chi connectivity index (χ4n) is 2.07. The Morgan fingerprint density at radius 3 is 2.96 bits per heavy atom. The van der Waals surface area contributed by atoms with E-state index in [4.69, 9.17) is 14.0 Å². The first-order chi connectivity index (χ1) is 10.8. The minimum Gasteiger partial charge on any atom is -0.379 e. The highest BCUT2D eigenvalue weighted by Crippen LogP contribution is 2.07. The number of guanidine groups is 1. The van der Waals surface area contributed by atoms with Crippen molar-refractivity contribution >= 4 is 29.9 Å². The van der Waals surface area contributed by atoms with Gasteiger partial charge < -0.3 is 24.6 Å². The molecule has 1 unspecified atom stereocenters.